The van der Waals surface area contributed by atoms with Gasteiger partial charge in [0.25, 0.3) is 0 Å². The van der Waals surface area contributed by atoms with Crippen LogP contribution in [0.4, 0.5) is 0 Å². The van der Waals surface area contributed by atoms with Gasteiger partial charge in [-0.2, -0.15) is 0 Å². The Balaban J connectivity index is 2.24. The van der Waals surface area contributed by atoms with Crippen molar-refractivity contribution in [1.29, 1.82) is 0 Å². The highest BCUT2D eigenvalue weighted by molar-refractivity contribution is 5.75. The second-order valence-corrected chi connectivity index (χ2v) is 5.92. The molecule has 1 N–H and O–H groups in total. The summed E-state index contributed by atoms with van der Waals surface area (Å²) in [6.07, 6.45) is -0.234. The van der Waals surface area contributed by atoms with Gasteiger partial charge < -0.3 is 14.6 Å². The number of rotatable bonds is 3. The normalized spacial score (nSPS) is 19.0. The summed E-state index contributed by atoms with van der Waals surface area (Å²) >= 11 is 0. The molecule has 110 valence electrons. The second kappa shape index (κ2) is 5.08. The van der Waals surface area contributed by atoms with Gasteiger partial charge in [0.1, 0.15) is 17.6 Å². The Bertz CT molecular complexity index is 647. The standard InChI is InChI=1S/C18H20O3/c1-18(2)16(11-19)21-15-10-13(20-3)9-14(17(15)18)12-7-5-4-6-8-12/h4-10,16,19H,11H2,1-3H3. The molecular formula is C18H20O3. The van der Waals surface area contributed by atoms with Gasteiger partial charge in [-0.3, -0.25) is 0 Å². The van der Waals surface area contributed by atoms with Crippen LogP contribution in [0, 0.1) is 0 Å². The van der Waals surface area contributed by atoms with E-state index in [0.717, 1.165) is 28.2 Å². The molecule has 1 aliphatic heterocycles. The fraction of sp³-hybridized carbons (Fsp3) is 0.333. The monoisotopic (exact) mass is 284 g/mol. The number of aliphatic hydroxyl groups excluding tert-OH is 1. The van der Waals surface area contributed by atoms with Crippen molar-refractivity contribution in [2.75, 3.05) is 13.7 Å². The molecule has 1 atom stereocenters. The third-order valence-electron chi connectivity index (χ3n) is 4.28. The van der Waals surface area contributed by atoms with Crippen LogP contribution in [0.3, 0.4) is 0 Å². The number of ether oxygens (including phenoxy) is 2. The number of benzene rings is 2. The van der Waals surface area contributed by atoms with Gasteiger partial charge in [0.2, 0.25) is 0 Å². The van der Waals surface area contributed by atoms with Gasteiger partial charge in [-0.05, 0) is 17.2 Å². The van der Waals surface area contributed by atoms with Crippen molar-refractivity contribution in [3.63, 3.8) is 0 Å². The van der Waals surface area contributed by atoms with Gasteiger partial charge in [0.05, 0.1) is 13.7 Å². The summed E-state index contributed by atoms with van der Waals surface area (Å²) in [6, 6.07) is 14.1. The third-order valence-corrected chi connectivity index (χ3v) is 4.28. The van der Waals surface area contributed by atoms with E-state index in [2.05, 4.69) is 26.0 Å². The summed E-state index contributed by atoms with van der Waals surface area (Å²) < 4.78 is 11.3. The van der Waals surface area contributed by atoms with Crippen LogP contribution in [-0.2, 0) is 5.41 Å². The predicted octanol–water partition coefficient (Wildman–Crippen LogP) is 3.39. The van der Waals surface area contributed by atoms with Crippen molar-refractivity contribution in [3.05, 3.63) is 48.0 Å². The van der Waals surface area contributed by atoms with Gasteiger partial charge >= 0.3 is 0 Å². The van der Waals surface area contributed by atoms with Crippen LogP contribution < -0.4 is 9.47 Å². The number of hydrogen-bond acceptors (Lipinski definition) is 3. The highest BCUT2D eigenvalue weighted by Gasteiger charge is 2.43. The molecule has 1 aliphatic rings. The van der Waals surface area contributed by atoms with Crippen LogP contribution in [-0.4, -0.2) is 24.9 Å². The summed E-state index contributed by atoms with van der Waals surface area (Å²) in [5, 5.41) is 9.61. The van der Waals surface area contributed by atoms with Crippen molar-refractivity contribution in [2.24, 2.45) is 0 Å². The SMILES string of the molecule is COc1cc2c(c(-c3ccccc3)c1)C(C)(C)C(CO)O2. The summed E-state index contributed by atoms with van der Waals surface area (Å²) in [7, 11) is 1.65. The maximum Gasteiger partial charge on any atom is 0.131 e. The van der Waals surface area contributed by atoms with Crippen LogP contribution in [0.5, 0.6) is 11.5 Å². The molecule has 0 bridgehead atoms. The van der Waals surface area contributed by atoms with Crippen LogP contribution in [0.2, 0.25) is 0 Å². The average Bonchev–Trinajstić information content (AvgIpc) is 2.78. The van der Waals surface area contributed by atoms with E-state index in [9.17, 15) is 5.11 Å². The van der Waals surface area contributed by atoms with Crippen LogP contribution in [0.1, 0.15) is 19.4 Å². The maximum atomic E-state index is 9.61. The zero-order valence-corrected chi connectivity index (χ0v) is 12.6. The van der Waals surface area contributed by atoms with E-state index in [1.165, 1.54) is 0 Å². The van der Waals surface area contributed by atoms with Gasteiger partial charge in [0.15, 0.2) is 0 Å². The van der Waals surface area contributed by atoms with Crippen LogP contribution in [0.25, 0.3) is 11.1 Å². The van der Waals surface area contributed by atoms with E-state index in [4.69, 9.17) is 9.47 Å². The lowest BCUT2D eigenvalue weighted by atomic mass is 9.77. The lowest BCUT2D eigenvalue weighted by molar-refractivity contribution is 0.0888. The minimum Gasteiger partial charge on any atom is -0.497 e. The number of fused-ring (bicyclic) bond motifs is 1. The first-order valence-corrected chi connectivity index (χ1v) is 7.13. The van der Waals surface area contributed by atoms with E-state index in [1.807, 2.05) is 30.3 Å². The van der Waals surface area contributed by atoms with Gasteiger partial charge in [-0.15, -0.1) is 0 Å². The van der Waals surface area contributed by atoms with Gasteiger partial charge in [-0.1, -0.05) is 44.2 Å². The molecule has 0 saturated carbocycles. The lowest BCUT2D eigenvalue weighted by Crippen LogP contribution is -2.35. The Kier molecular flexibility index (Phi) is 3.38. The van der Waals surface area contributed by atoms with E-state index in [-0.39, 0.29) is 18.1 Å². The van der Waals surface area contributed by atoms with Crippen LogP contribution in [0.15, 0.2) is 42.5 Å². The first-order chi connectivity index (χ1) is 10.1. The van der Waals surface area contributed by atoms with Crippen molar-refractivity contribution >= 4 is 0 Å². The molecule has 0 radical (unpaired) electrons. The van der Waals surface area contributed by atoms with Crippen molar-refractivity contribution in [2.45, 2.75) is 25.4 Å². The molecule has 3 nitrogen and oxygen atoms in total. The molecule has 0 aromatic heterocycles. The maximum absolute atomic E-state index is 9.61. The Morgan fingerprint density at radius 3 is 2.52 bits per heavy atom. The van der Waals surface area contributed by atoms with Crippen molar-refractivity contribution in [1.82, 2.24) is 0 Å². The van der Waals surface area contributed by atoms with Crippen molar-refractivity contribution < 1.29 is 14.6 Å². The van der Waals surface area contributed by atoms with Crippen molar-refractivity contribution in [3.8, 4) is 22.6 Å². The lowest BCUT2D eigenvalue weighted by Gasteiger charge is -2.25. The van der Waals surface area contributed by atoms with E-state index >= 15 is 0 Å². The molecule has 21 heavy (non-hydrogen) atoms. The summed E-state index contributed by atoms with van der Waals surface area (Å²) in [6.45, 7) is 4.22. The van der Waals surface area contributed by atoms with E-state index in [1.54, 1.807) is 7.11 Å². The predicted molar refractivity (Wildman–Crippen MR) is 83.0 cm³/mol. The molecule has 2 aromatic carbocycles. The molecule has 1 heterocycles. The first-order valence-electron chi connectivity index (χ1n) is 7.13. The van der Waals surface area contributed by atoms with Gasteiger partial charge in [-0.25, -0.2) is 0 Å². The molecule has 0 saturated heterocycles. The molecule has 0 fully saturated rings. The topological polar surface area (TPSA) is 38.7 Å². The third kappa shape index (κ3) is 2.18. The highest BCUT2D eigenvalue weighted by atomic mass is 16.5. The Morgan fingerprint density at radius 1 is 1.19 bits per heavy atom. The van der Waals surface area contributed by atoms with Gasteiger partial charge in [0, 0.05) is 17.0 Å². The number of aliphatic hydroxyl groups is 1. The average molecular weight is 284 g/mol. The van der Waals surface area contributed by atoms with E-state index < -0.39 is 0 Å². The molecular weight excluding hydrogens is 264 g/mol. The Morgan fingerprint density at radius 2 is 1.90 bits per heavy atom. The second-order valence-electron chi connectivity index (χ2n) is 5.92. The fourth-order valence-electron chi connectivity index (χ4n) is 3.04. The minimum absolute atomic E-state index is 0.00176. The smallest absolute Gasteiger partial charge is 0.131 e. The quantitative estimate of drug-likeness (QED) is 0.939. The fourth-order valence-corrected chi connectivity index (χ4v) is 3.04. The molecule has 3 heteroatoms. The molecule has 0 spiro atoms. The molecule has 0 amide bonds. The summed E-state index contributed by atoms with van der Waals surface area (Å²) in [5.41, 5.74) is 3.11. The van der Waals surface area contributed by atoms with E-state index in [0.29, 0.717) is 0 Å². The zero-order chi connectivity index (χ0) is 15.0. The largest absolute Gasteiger partial charge is 0.497 e. The number of methoxy groups -OCH3 is 1. The summed E-state index contributed by atoms with van der Waals surface area (Å²) in [4.78, 5) is 0. The van der Waals surface area contributed by atoms with Crippen LogP contribution >= 0.6 is 0 Å². The molecule has 1 unspecified atom stereocenters. The Hall–Kier alpha value is -2.00. The molecule has 3 rings (SSSR count). The highest BCUT2D eigenvalue weighted by Crippen LogP contribution is 2.49. The molecule has 0 aliphatic carbocycles. The first kappa shape index (κ1) is 14.0. The summed E-state index contributed by atoms with van der Waals surface area (Å²) in [5.74, 6) is 1.57. The molecule has 2 aromatic rings. The minimum atomic E-state index is -0.248. The zero-order valence-electron chi connectivity index (χ0n) is 12.6. The number of hydrogen-bond donors (Lipinski definition) is 1. The Labute approximate surface area is 125 Å².